The van der Waals surface area contributed by atoms with Crippen LogP contribution in [0.3, 0.4) is 0 Å². The van der Waals surface area contributed by atoms with Crippen molar-refractivity contribution in [1.82, 2.24) is 28.7 Å². The largest absolute Gasteiger partial charge is 0.291 e. The van der Waals surface area contributed by atoms with Gasteiger partial charge in [-0.05, 0) is 90.3 Å². The summed E-state index contributed by atoms with van der Waals surface area (Å²) in [5.41, 5.74) is 13.4. The van der Waals surface area contributed by atoms with Crippen LogP contribution in [0.4, 0.5) is 0 Å². The van der Waals surface area contributed by atoms with Crippen LogP contribution in [-0.2, 0) is 0 Å². The van der Waals surface area contributed by atoms with Crippen molar-refractivity contribution in [2.45, 2.75) is 0 Å². The van der Waals surface area contributed by atoms with Crippen LogP contribution in [0.5, 0.6) is 0 Å². The normalized spacial score (nSPS) is 11.6. The third-order valence-corrected chi connectivity index (χ3v) is 10.7. The van der Waals surface area contributed by atoms with Crippen LogP contribution in [-0.4, -0.2) is 28.7 Å². The standard InChI is InChI=1S/C50H32N6/c1-3-9-37(10-4-1)47-41-23-21-40(34-15-19-36(20-16-34)46-32-56-28-8-26-52-50(56)54-46)30-44(41)48(38-11-5-2-6-12-38)42-24-22-39(29-43(42)47)33-13-17-35(18-14-33)45-31-55-27-7-25-51-49(55)53-45/h1-32H. The van der Waals surface area contributed by atoms with Crippen molar-refractivity contribution in [3.63, 3.8) is 0 Å². The maximum absolute atomic E-state index is 4.73. The molecule has 6 heteroatoms. The number of nitrogens with zero attached hydrogens (tertiary/aromatic N) is 6. The van der Waals surface area contributed by atoms with E-state index in [-0.39, 0.29) is 0 Å². The molecule has 0 fully saturated rings. The van der Waals surface area contributed by atoms with Crippen LogP contribution < -0.4 is 0 Å². The fourth-order valence-corrected chi connectivity index (χ4v) is 8.02. The molecule has 11 aromatic rings. The van der Waals surface area contributed by atoms with E-state index in [1.54, 1.807) is 12.4 Å². The van der Waals surface area contributed by atoms with Gasteiger partial charge in [-0.3, -0.25) is 8.80 Å². The van der Waals surface area contributed by atoms with E-state index < -0.39 is 0 Å². The molecule has 0 atom stereocenters. The molecule has 0 aliphatic heterocycles. The van der Waals surface area contributed by atoms with Gasteiger partial charge in [-0.1, -0.05) is 133 Å². The van der Waals surface area contributed by atoms with E-state index in [2.05, 4.69) is 156 Å². The Balaban J connectivity index is 1.07. The summed E-state index contributed by atoms with van der Waals surface area (Å²) < 4.78 is 3.90. The predicted octanol–water partition coefficient (Wildman–Crippen LogP) is 12.1. The van der Waals surface area contributed by atoms with Gasteiger partial charge in [-0.15, -0.1) is 0 Å². The molecule has 7 aromatic carbocycles. The van der Waals surface area contributed by atoms with Gasteiger partial charge in [-0.25, -0.2) is 19.9 Å². The number of rotatable bonds is 6. The van der Waals surface area contributed by atoms with Crippen molar-refractivity contribution in [2.75, 3.05) is 0 Å². The molecule has 6 nitrogen and oxygen atoms in total. The first-order valence-electron chi connectivity index (χ1n) is 18.7. The summed E-state index contributed by atoms with van der Waals surface area (Å²) >= 11 is 0. The Labute approximate surface area is 322 Å². The molecular formula is C50H32N6. The molecule has 4 aromatic heterocycles. The Hall–Kier alpha value is -7.70. The van der Waals surface area contributed by atoms with E-state index in [4.69, 9.17) is 9.97 Å². The van der Waals surface area contributed by atoms with Crippen molar-refractivity contribution in [3.8, 4) is 67.0 Å². The summed E-state index contributed by atoms with van der Waals surface area (Å²) in [4.78, 5) is 18.3. The lowest BCUT2D eigenvalue weighted by molar-refractivity contribution is 1.11. The molecule has 0 saturated heterocycles. The number of imidazole rings is 2. The summed E-state index contributed by atoms with van der Waals surface area (Å²) in [5, 5.41) is 4.87. The third-order valence-electron chi connectivity index (χ3n) is 10.7. The fourth-order valence-electron chi connectivity index (χ4n) is 8.02. The maximum Gasteiger partial charge on any atom is 0.234 e. The molecule has 0 aliphatic rings. The van der Waals surface area contributed by atoms with E-state index in [0.29, 0.717) is 11.6 Å². The van der Waals surface area contributed by atoms with E-state index >= 15 is 0 Å². The van der Waals surface area contributed by atoms with E-state index in [9.17, 15) is 0 Å². The van der Waals surface area contributed by atoms with Crippen LogP contribution >= 0.6 is 0 Å². The number of hydrogen-bond donors (Lipinski definition) is 0. The topological polar surface area (TPSA) is 60.4 Å². The first-order chi connectivity index (χ1) is 27.7. The molecule has 0 spiro atoms. The lowest BCUT2D eigenvalue weighted by Crippen LogP contribution is -1.92. The van der Waals surface area contributed by atoms with Crippen LogP contribution in [0.2, 0.25) is 0 Å². The zero-order chi connectivity index (χ0) is 37.0. The molecule has 0 radical (unpaired) electrons. The highest BCUT2D eigenvalue weighted by Crippen LogP contribution is 2.46. The molecule has 0 amide bonds. The second-order valence-electron chi connectivity index (χ2n) is 14.1. The van der Waals surface area contributed by atoms with Crippen LogP contribution in [0.15, 0.2) is 195 Å². The van der Waals surface area contributed by atoms with E-state index in [1.165, 1.54) is 43.8 Å². The summed E-state index contributed by atoms with van der Waals surface area (Å²) in [6, 6.07) is 56.7. The average Bonchev–Trinajstić information content (AvgIpc) is 3.91. The highest BCUT2D eigenvalue weighted by Gasteiger charge is 2.19. The minimum atomic E-state index is 0.693. The molecule has 0 aliphatic carbocycles. The van der Waals surface area contributed by atoms with Crippen LogP contribution in [0.1, 0.15) is 0 Å². The number of benzene rings is 7. The molecule has 262 valence electrons. The lowest BCUT2D eigenvalue weighted by Gasteiger charge is -2.19. The quantitative estimate of drug-likeness (QED) is 0.161. The van der Waals surface area contributed by atoms with Gasteiger partial charge < -0.3 is 0 Å². The molecule has 11 rings (SSSR count). The summed E-state index contributed by atoms with van der Waals surface area (Å²) in [6.45, 7) is 0. The Morgan fingerprint density at radius 3 is 1.12 bits per heavy atom. The smallest absolute Gasteiger partial charge is 0.234 e. The first kappa shape index (κ1) is 31.8. The number of aromatic nitrogens is 6. The van der Waals surface area contributed by atoms with Crippen molar-refractivity contribution in [1.29, 1.82) is 0 Å². The second kappa shape index (κ2) is 13.0. The minimum absolute atomic E-state index is 0.693. The van der Waals surface area contributed by atoms with Gasteiger partial charge in [0.1, 0.15) is 0 Å². The molecule has 4 heterocycles. The zero-order valence-electron chi connectivity index (χ0n) is 30.2. The Kier molecular flexibility index (Phi) is 7.38. The number of fused-ring (bicyclic) bond motifs is 4. The van der Waals surface area contributed by atoms with Crippen LogP contribution in [0, 0.1) is 0 Å². The summed E-state index contributed by atoms with van der Waals surface area (Å²) in [5.74, 6) is 1.39. The Bertz CT molecular complexity index is 2930. The van der Waals surface area contributed by atoms with Gasteiger partial charge in [0.2, 0.25) is 11.6 Å². The van der Waals surface area contributed by atoms with Gasteiger partial charge in [0.25, 0.3) is 0 Å². The Morgan fingerprint density at radius 1 is 0.321 bits per heavy atom. The van der Waals surface area contributed by atoms with Crippen molar-refractivity contribution in [3.05, 3.63) is 195 Å². The monoisotopic (exact) mass is 716 g/mol. The van der Waals surface area contributed by atoms with E-state index in [0.717, 1.165) is 44.8 Å². The van der Waals surface area contributed by atoms with Gasteiger partial charge in [-0.2, -0.15) is 0 Å². The van der Waals surface area contributed by atoms with Crippen molar-refractivity contribution < 1.29 is 0 Å². The molecule has 0 unspecified atom stereocenters. The number of hydrogen-bond acceptors (Lipinski definition) is 4. The SMILES string of the molecule is c1ccc(-c2c3ccc(-c4ccc(-c5cn6cccnc6n5)cc4)cc3c(-c3ccccc3)c3ccc(-c4ccc(-c5cn6cccnc6n5)cc4)cc23)cc1. The Morgan fingerprint density at radius 2 is 0.714 bits per heavy atom. The zero-order valence-corrected chi connectivity index (χ0v) is 30.2. The third kappa shape index (κ3) is 5.43. The minimum Gasteiger partial charge on any atom is -0.291 e. The second-order valence-corrected chi connectivity index (χ2v) is 14.1. The van der Waals surface area contributed by atoms with Gasteiger partial charge in [0, 0.05) is 48.3 Å². The first-order valence-corrected chi connectivity index (χ1v) is 18.7. The molecule has 0 bridgehead atoms. The van der Waals surface area contributed by atoms with Gasteiger partial charge in [0.15, 0.2) is 0 Å². The van der Waals surface area contributed by atoms with Gasteiger partial charge in [0.05, 0.1) is 11.4 Å². The lowest BCUT2D eigenvalue weighted by atomic mass is 9.84. The molecule has 56 heavy (non-hydrogen) atoms. The van der Waals surface area contributed by atoms with Crippen molar-refractivity contribution >= 4 is 33.1 Å². The van der Waals surface area contributed by atoms with Gasteiger partial charge >= 0.3 is 0 Å². The highest BCUT2D eigenvalue weighted by atomic mass is 15.1. The fraction of sp³-hybridized carbons (Fsp3) is 0. The summed E-state index contributed by atoms with van der Waals surface area (Å²) in [6.07, 6.45) is 11.5. The van der Waals surface area contributed by atoms with Crippen LogP contribution in [0.25, 0.3) is 100 Å². The van der Waals surface area contributed by atoms with E-state index in [1.807, 2.05) is 45.7 Å². The predicted molar refractivity (Wildman–Crippen MR) is 227 cm³/mol. The highest BCUT2D eigenvalue weighted by molar-refractivity contribution is 6.22. The average molecular weight is 717 g/mol. The van der Waals surface area contributed by atoms with Crippen molar-refractivity contribution in [2.24, 2.45) is 0 Å². The summed E-state index contributed by atoms with van der Waals surface area (Å²) in [7, 11) is 0. The molecule has 0 saturated carbocycles. The molecule has 0 N–H and O–H groups in total. The molecular weight excluding hydrogens is 685 g/mol. The maximum atomic E-state index is 4.73.